The van der Waals surface area contributed by atoms with Crippen molar-refractivity contribution in [2.75, 3.05) is 40.4 Å². The van der Waals surface area contributed by atoms with Crippen LogP contribution < -0.4 is 9.47 Å². The lowest BCUT2D eigenvalue weighted by Gasteiger charge is -2.54. The Labute approximate surface area is 208 Å². The number of carbonyl (C=O) groups excluding carboxylic acids is 1. The minimum absolute atomic E-state index is 0.00869. The molecule has 188 valence electrons. The van der Waals surface area contributed by atoms with Gasteiger partial charge in [0.15, 0.2) is 0 Å². The van der Waals surface area contributed by atoms with Gasteiger partial charge in [-0.3, -0.25) is 14.7 Å². The van der Waals surface area contributed by atoms with Gasteiger partial charge in [0.25, 0.3) is 0 Å². The maximum Gasteiger partial charge on any atom is 0.236 e. The molecule has 4 heterocycles. The Kier molecular flexibility index (Phi) is 6.49. The van der Waals surface area contributed by atoms with E-state index in [2.05, 4.69) is 24.9 Å². The third-order valence-corrected chi connectivity index (χ3v) is 8.12. The predicted octanol–water partition coefficient (Wildman–Crippen LogP) is 4.08. The summed E-state index contributed by atoms with van der Waals surface area (Å²) < 4.78 is 18.5. The van der Waals surface area contributed by atoms with E-state index < -0.39 is 0 Å². The van der Waals surface area contributed by atoms with Gasteiger partial charge in [-0.25, -0.2) is 0 Å². The normalized spacial score (nSPS) is 24.4. The molecular formula is C28H37N3O4. The molecule has 2 saturated heterocycles. The minimum Gasteiger partial charge on any atom is -0.497 e. The highest BCUT2D eigenvalue weighted by molar-refractivity contribution is 5.78. The van der Waals surface area contributed by atoms with Gasteiger partial charge in [0.05, 0.1) is 32.1 Å². The Balaban J connectivity index is 1.21. The van der Waals surface area contributed by atoms with E-state index in [1.165, 1.54) is 0 Å². The van der Waals surface area contributed by atoms with Crippen molar-refractivity contribution in [1.82, 2.24) is 14.8 Å². The number of fused-ring (bicyclic) bond motifs is 3. The summed E-state index contributed by atoms with van der Waals surface area (Å²) in [5.41, 5.74) is 1.84. The summed E-state index contributed by atoms with van der Waals surface area (Å²) in [6, 6.07) is 11.9. The van der Waals surface area contributed by atoms with Gasteiger partial charge in [0.1, 0.15) is 17.1 Å². The van der Waals surface area contributed by atoms with E-state index in [-0.39, 0.29) is 28.9 Å². The maximum atomic E-state index is 13.0. The second-order valence-electron chi connectivity index (χ2n) is 11.0. The summed E-state index contributed by atoms with van der Waals surface area (Å²) in [6.45, 7) is 7.72. The molecule has 2 atom stereocenters. The van der Waals surface area contributed by atoms with Crippen LogP contribution in [-0.4, -0.2) is 66.7 Å². The van der Waals surface area contributed by atoms with Crippen molar-refractivity contribution >= 4 is 5.91 Å². The van der Waals surface area contributed by atoms with Crippen LogP contribution in [0.1, 0.15) is 50.5 Å². The Bertz CT molecular complexity index is 1050. The number of hydrogen-bond donors (Lipinski definition) is 0. The first-order valence-corrected chi connectivity index (χ1v) is 12.6. The first-order chi connectivity index (χ1) is 16.8. The zero-order valence-electron chi connectivity index (χ0n) is 21.3. The number of rotatable bonds is 5. The van der Waals surface area contributed by atoms with Gasteiger partial charge in [0, 0.05) is 37.3 Å². The van der Waals surface area contributed by atoms with Crippen LogP contribution in [0.15, 0.2) is 42.6 Å². The van der Waals surface area contributed by atoms with Crippen molar-refractivity contribution < 1.29 is 19.0 Å². The van der Waals surface area contributed by atoms with Gasteiger partial charge >= 0.3 is 0 Å². The molecular weight excluding hydrogens is 442 g/mol. The molecule has 1 spiro atoms. The molecule has 7 heteroatoms. The van der Waals surface area contributed by atoms with E-state index in [1.807, 2.05) is 47.2 Å². The Hall–Kier alpha value is -2.64. The van der Waals surface area contributed by atoms with Crippen LogP contribution in [0.4, 0.5) is 0 Å². The van der Waals surface area contributed by atoms with E-state index >= 15 is 0 Å². The molecule has 0 saturated carbocycles. The highest BCUT2D eigenvalue weighted by Crippen LogP contribution is 2.55. The van der Waals surface area contributed by atoms with E-state index in [0.717, 1.165) is 61.7 Å². The highest BCUT2D eigenvalue weighted by Gasteiger charge is 2.53. The van der Waals surface area contributed by atoms with Gasteiger partial charge in [-0.2, -0.15) is 0 Å². The number of nitrogens with zero attached hydrogens (tertiary/aromatic N) is 3. The lowest BCUT2D eigenvalue weighted by molar-refractivity contribution is -0.176. The van der Waals surface area contributed by atoms with Crippen LogP contribution in [0.25, 0.3) is 0 Å². The van der Waals surface area contributed by atoms with E-state index in [1.54, 1.807) is 13.3 Å². The first kappa shape index (κ1) is 24.1. The fourth-order valence-corrected chi connectivity index (χ4v) is 5.99. The zero-order valence-corrected chi connectivity index (χ0v) is 21.3. The molecule has 35 heavy (non-hydrogen) atoms. The zero-order chi connectivity index (χ0) is 24.6. The number of methoxy groups -OCH3 is 1. The summed E-state index contributed by atoms with van der Waals surface area (Å²) in [6.07, 6.45) is 4.78. The number of ether oxygens (including phenoxy) is 3. The fourth-order valence-electron chi connectivity index (χ4n) is 5.99. The van der Waals surface area contributed by atoms with Crippen molar-refractivity contribution in [3.05, 3.63) is 53.9 Å². The molecule has 0 unspecified atom stereocenters. The molecule has 3 aliphatic rings. The van der Waals surface area contributed by atoms with Crippen LogP contribution in [0.3, 0.4) is 0 Å². The number of amides is 1. The Morgan fingerprint density at radius 3 is 2.74 bits per heavy atom. The molecule has 0 N–H and O–H groups in total. The summed E-state index contributed by atoms with van der Waals surface area (Å²) >= 11 is 0. The quantitative estimate of drug-likeness (QED) is 0.644. The van der Waals surface area contributed by atoms with Crippen LogP contribution in [0.2, 0.25) is 0 Å². The monoisotopic (exact) mass is 479 g/mol. The fraction of sp³-hybridized carbons (Fsp3) is 0.571. The lowest BCUT2D eigenvalue weighted by atomic mass is 9.64. The van der Waals surface area contributed by atoms with Crippen LogP contribution in [-0.2, 0) is 16.1 Å². The third-order valence-electron chi connectivity index (χ3n) is 8.12. The van der Waals surface area contributed by atoms with E-state index in [9.17, 15) is 4.79 Å². The standard InChI is InChI=1S/C28H37N3O4/c1-27(2)23-16-28(19-34-26(23)22-15-21(33-4)8-9-24(22)35-27)10-13-31(14-11-28)25(32)18-30(3)17-20-7-5-6-12-29-20/h5-9,12,15,23,26H,10-11,13-14,16-19H2,1-4H3/t23-,26+/m0/s1. The van der Waals surface area contributed by atoms with Gasteiger partial charge in [-0.15, -0.1) is 0 Å². The average Bonchev–Trinajstić information content (AvgIpc) is 2.85. The maximum absolute atomic E-state index is 13.0. The Morgan fingerprint density at radius 2 is 2.03 bits per heavy atom. The van der Waals surface area contributed by atoms with Crippen molar-refractivity contribution in [3.8, 4) is 11.5 Å². The summed E-state index contributed by atoms with van der Waals surface area (Å²) in [7, 11) is 3.67. The second-order valence-corrected chi connectivity index (χ2v) is 11.0. The molecule has 2 fully saturated rings. The number of carbonyl (C=O) groups is 1. The van der Waals surface area contributed by atoms with Crippen LogP contribution in [0, 0.1) is 11.3 Å². The Morgan fingerprint density at radius 1 is 1.23 bits per heavy atom. The third kappa shape index (κ3) is 4.89. The average molecular weight is 480 g/mol. The second kappa shape index (κ2) is 9.43. The highest BCUT2D eigenvalue weighted by atomic mass is 16.5. The van der Waals surface area contributed by atoms with Crippen LogP contribution >= 0.6 is 0 Å². The topological polar surface area (TPSA) is 64.1 Å². The number of aromatic nitrogens is 1. The SMILES string of the molecule is COc1ccc2c(c1)[C@H]1OCC3(CCN(C(=O)CN(C)Cc4ccccn4)CC3)C[C@@H]1C(C)(C)O2. The molecule has 1 aromatic heterocycles. The van der Waals surface area contributed by atoms with Crippen molar-refractivity contribution in [2.45, 2.75) is 51.4 Å². The van der Waals surface area contributed by atoms with E-state index in [4.69, 9.17) is 14.2 Å². The molecule has 0 aliphatic carbocycles. The summed E-state index contributed by atoms with van der Waals surface area (Å²) in [5, 5.41) is 0. The van der Waals surface area contributed by atoms with Gasteiger partial charge in [-0.05, 0) is 75.9 Å². The number of benzene rings is 1. The molecule has 1 aromatic carbocycles. The number of piperidine rings is 1. The molecule has 5 rings (SSSR count). The van der Waals surface area contributed by atoms with Crippen molar-refractivity contribution in [3.63, 3.8) is 0 Å². The molecule has 0 bridgehead atoms. The predicted molar refractivity (Wildman–Crippen MR) is 133 cm³/mol. The lowest BCUT2D eigenvalue weighted by Crippen LogP contribution is -2.55. The molecule has 7 nitrogen and oxygen atoms in total. The smallest absolute Gasteiger partial charge is 0.236 e. The van der Waals surface area contributed by atoms with Crippen molar-refractivity contribution in [1.29, 1.82) is 0 Å². The minimum atomic E-state index is -0.319. The largest absolute Gasteiger partial charge is 0.497 e. The van der Waals surface area contributed by atoms with Gasteiger partial charge < -0.3 is 19.1 Å². The number of hydrogen-bond acceptors (Lipinski definition) is 6. The number of likely N-dealkylation sites (N-methyl/N-ethyl adjacent to an activating group) is 1. The van der Waals surface area contributed by atoms with Crippen molar-refractivity contribution in [2.24, 2.45) is 11.3 Å². The molecule has 2 aromatic rings. The summed E-state index contributed by atoms with van der Waals surface area (Å²) in [4.78, 5) is 21.4. The van der Waals surface area contributed by atoms with Crippen LogP contribution in [0.5, 0.6) is 11.5 Å². The number of likely N-dealkylation sites (tertiary alicyclic amines) is 1. The van der Waals surface area contributed by atoms with E-state index in [0.29, 0.717) is 13.1 Å². The first-order valence-electron chi connectivity index (χ1n) is 12.6. The van der Waals surface area contributed by atoms with Gasteiger partial charge in [0.2, 0.25) is 5.91 Å². The molecule has 3 aliphatic heterocycles. The summed E-state index contributed by atoms with van der Waals surface area (Å²) in [5.74, 6) is 2.16. The molecule has 1 amide bonds. The number of pyridine rings is 1. The molecule has 0 radical (unpaired) electrons. The van der Waals surface area contributed by atoms with Gasteiger partial charge in [-0.1, -0.05) is 6.07 Å².